The fourth-order valence-corrected chi connectivity index (χ4v) is 4.05. The van der Waals surface area contributed by atoms with Crippen molar-refractivity contribution in [2.45, 2.75) is 45.8 Å². The zero-order valence-electron chi connectivity index (χ0n) is 16.6. The molecule has 0 amide bonds. The molecule has 0 atom stereocenters. The molecular weight excluding hydrogens is 432 g/mol. The molecule has 3 aromatic rings. The molecule has 1 aliphatic carbocycles. The van der Waals surface area contributed by atoms with Gasteiger partial charge in [0.2, 0.25) is 0 Å². The molecule has 1 aliphatic rings. The highest BCUT2D eigenvalue weighted by molar-refractivity contribution is 9.10. The van der Waals surface area contributed by atoms with Gasteiger partial charge in [0.25, 0.3) is 0 Å². The van der Waals surface area contributed by atoms with Crippen molar-refractivity contribution in [2.75, 3.05) is 6.61 Å². The van der Waals surface area contributed by atoms with Gasteiger partial charge in [0.05, 0.1) is 18.5 Å². The van der Waals surface area contributed by atoms with Crippen LogP contribution in [-0.2, 0) is 29.1 Å². The molecule has 1 saturated carbocycles. The van der Waals surface area contributed by atoms with Crippen LogP contribution in [0.25, 0.3) is 10.9 Å². The van der Waals surface area contributed by atoms with Crippen LogP contribution in [0.5, 0.6) is 5.75 Å². The predicted octanol–water partition coefficient (Wildman–Crippen LogP) is 5.28. The van der Waals surface area contributed by atoms with Crippen molar-refractivity contribution < 1.29 is 14.3 Å². The van der Waals surface area contributed by atoms with Crippen LogP contribution >= 0.6 is 15.9 Å². The topological polar surface area (TPSA) is 53.4 Å². The summed E-state index contributed by atoms with van der Waals surface area (Å²) in [5.41, 5.74) is 2.87. The number of aromatic nitrogens is 2. The Morgan fingerprint density at radius 3 is 2.83 bits per heavy atom. The minimum atomic E-state index is -0.247. The number of carbonyl (C=O) groups excluding carboxylic acids is 1. The number of nitrogens with zero attached hydrogens (tertiary/aromatic N) is 2. The summed E-state index contributed by atoms with van der Waals surface area (Å²) in [5, 5.41) is 5.97. The third kappa shape index (κ3) is 4.64. The molecular formula is C23H25BrN2O3. The zero-order chi connectivity index (χ0) is 20.2. The summed E-state index contributed by atoms with van der Waals surface area (Å²) in [6.45, 7) is 3.49. The molecule has 1 aromatic heterocycles. The summed E-state index contributed by atoms with van der Waals surface area (Å²) in [6.07, 6.45) is 4.09. The molecule has 0 N–H and O–H groups in total. The van der Waals surface area contributed by atoms with Gasteiger partial charge < -0.3 is 9.47 Å². The van der Waals surface area contributed by atoms with Crippen molar-refractivity contribution in [1.29, 1.82) is 0 Å². The van der Waals surface area contributed by atoms with E-state index in [2.05, 4.69) is 38.8 Å². The lowest BCUT2D eigenvalue weighted by Crippen LogP contribution is -2.18. The molecule has 29 heavy (non-hydrogen) atoms. The maximum atomic E-state index is 11.9. The molecule has 6 heteroatoms. The molecule has 1 fully saturated rings. The third-order valence-electron chi connectivity index (χ3n) is 5.42. The summed E-state index contributed by atoms with van der Waals surface area (Å²) < 4.78 is 14.3. The van der Waals surface area contributed by atoms with Crippen LogP contribution in [-0.4, -0.2) is 22.4 Å². The highest BCUT2D eigenvalue weighted by Crippen LogP contribution is 2.31. The molecule has 0 saturated heterocycles. The molecule has 0 bridgehead atoms. The molecule has 0 radical (unpaired) electrons. The van der Waals surface area contributed by atoms with Crippen LogP contribution in [0.3, 0.4) is 0 Å². The van der Waals surface area contributed by atoms with Crippen molar-refractivity contribution in [2.24, 2.45) is 5.92 Å². The normalized spacial score (nSPS) is 14.0. The van der Waals surface area contributed by atoms with Gasteiger partial charge >= 0.3 is 5.97 Å². The van der Waals surface area contributed by atoms with E-state index in [1.807, 2.05) is 31.2 Å². The fraction of sp³-hybridized carbons (Fsp3) is 0.391. The summed E-state index contributed by atoms with van der Waals surface area (Å²) >= 11 is 3.57. The van der Waals surface area contributed by atoms with Crippen LogP contribution in [0.2, 0.25) is 0 Å². The molecule has 4 rings (SSSR count). The first kappa shape index (κ1) is 20.0. The van der Waals surface area contributed by atoms with E-state index in [0.717, 1.165) is 39.1 Å². The van der Waals surface area contributed by atoms with E-state index in [1.54, 1.807) is 0 Å². The molecule has 152 valence electrons. The number of benzene rings is 2. The number of rotatable bonds is 8. The zero-order valence-corrected chi connectivity index (χ0v) is 18.2. The van der Waals surface area contributed by atoms with Gasteiger partial charge in [-0.15, -0.1) is 0 Å². The molecule has 1 heterocycles. The van der Waals surface area contributed by atoms with Crippen molar-refractivity contribution in [1.82, 2.24) is 9.78 Å². The first-order valence-electron chi connectivity index (χ1n) is 10.2. The van der Waals surface area contributed by atoms with Crippen LogP contribution < -0.4 is 4.74 Å². The van der Waals surface area contributed by atoms with E-state index < -0.39 is 0 Å². The lowest BCUT2D eigenvalue weighted by atomic mass is 9.85. The standard InChI is InChI=1S/C23H25BrN2O3/c1-2-28-23(27)12-17-8-3-4-9-22(17)29-15-20-19-13-18(24)10-11-21(19)26(25-20)14-16-6-5-7-16/h3-4,8-11,13,16H,2,5-7,12,14-15H2,1H3. The molecule has 0 spiro atoms. The van der Waals surface area contributed by atoms with E-state index in [4.69, 9.17) is 14.6 Å². The Bertz CT molecular complexity index is 1010. The Labute approximate surface area is 179 Å². The van der Waals surface area contributed by atoms with Gasteiger partial charge in [-0.25, -0.2) is 0 Å². The summed E-state index contributed by atoms with van der Waals surface area (Å²) in [5.74, 6) is 1.17. The summed E-state index contributed by atoms with van der Waals surface area (Å²) in [6, 6.07) is 13.9. The number of esters is 1. The number of halogens is 1. The number of hydrogen-bond acceptors (Lipinski definition) is 4. The number of hydrogen-bond donors (Lipinski definition) is 0. The second-order valence-electron chi connectivity index (χ2n) is 7.47. The smallest absolute Gasteiger partial charge is 0.310 e. The third-order valence-corrected chi connectivity index (χ3v) is 5.92. The average molecular weight is 457 g/mol. The van der Waals surface area contributed by atoms with Crippen molar-refractivity contribution >= 4 is 32.8 Å². The first-order valence-corrected chi connectivity index (χ1v) is 10.9. The van der Waals surface area contributed by atoms with Gasteiger partial charge in [-0.1, -0.05) is 40.5 Å². The fourth-order valence-electron chi connectivity index (χ4n) is 3.69. The average Bonchev–Trinajstić information content (AvgIpc) is 3.01. The molecule has 2 aromatic carbocycles. The van der Waals surface area contributed by atoms with Gasteiger partial charge in [-0.2, -0.15) is 5.10 Å². The first-order chi connectivity index (χ1) is 14.1. The highest BCUT2D eigenvalue weighted by atomic mass is 79.9. The summed E-state index contributed by atoms with van der Waals surface area (Å²) in [7, 11) is 0. The van der Waals surface area contributed by atoms with Crippen LogP contribution in [0.4, 0.5) is 0 Å². The quantitative estimate of drug-likeness (QED) is 0.432. The monoisotopic (exact) mass is 456 g/mol. The Hall–Kier alpha value is -2.34. The predicted molar refractivity (Wildman–Crippen MR) is 116 cm³/mol. The second-order valence-corrected chi connectivity index (χ2v) is 8.38. The second kappa shape index (κ2) is 8.99. The van der Waals surface area contributed by atoms with Gasteiger partial charge in [-0.3, -0.25) is 9.48 Å². The number of carbonyl (C=O) groups is 1. The van der Waals surface area contributed by atoms with Gasteiger partial charge in [0.15, 0.2) is 0 Å². The van der Waals surface area contributed by atoms with Crippen LogP contribution in [0.15, 0.2) is 46.9 Å². The highest BCUT2D eigenvalue weighted by Gasteiger charge is 2.21. The van der Waals surface area contributed by atoms with Gasteiger partial charge in [-0.05, 0) is 49.9 Å². The number of fused-ring (bicyclic) bond motifs is 1. The number of ether oxygens (including phenoxy) is 2. The lowest BCUT2D eigenvalue weighted by Gasteiger charge is -2.25. The van der Waals surface area contributed by atoms with Crippen LogP contribution in [0.1, 0.15) is 37.4 Å². The number of para-hydroxylation sites is 1. The van der Waals surface area contributed by atoms with E-state index in [1.165, 1.54) is 19.3 Å². The maximum Gasteiger partial charge on any atom is 0.310 e. The van der Waals surface area contributed by atoms with E-state index in [-0.39, 0.29) is 12.4 Å². The Morgan fingerprint density at radius 1 is 1.24 bits per heavy atom. The maximum absolute atomic E-state index is 11.9. The van der Waals surface area contributed by atoms with Crippen molar-refractivity contribution in [3.05, 3.63) is 58.2 Å². The SMILES string of the molecule is CCOC(=O)Cc1ccccc1OCc1nn(CC2CCC2)c2ccc(Br)cc12. The summed E-state index contributed by atoms with van der Waals surface area (Å²) in [4.78, 5) is 11.9. The molecule has 5 nitrogen and oxygen atoms in total. The Morgan fingerprint density at radius 2 is 2.07 bits per heavy atom. The Kier molecular flexibility index (Phi) is 6.19. The molecule has 0 unspecified atom stereocenters. The largest absolute Gasteiger partial charge is 0.487 e. The molecule has 0 aliphatic heterocycles. The van der Waals surface area contributed by atoms with Crippen LogP contribution in [0, 0.1) is 5.92 Å². The lowest BCUT2D eigenvalue weighted by molar-refractivity contribution is -0.142. The Balaban J connectivity index is 1.55. The van der Waals surface area contributed by atoms with E-state index in [9.17, 15) is 4.79 Å². The van der Waals surface area contributed by atoms with Gasteiger partial charge in [0.1, 0.15) is 18.1 Å². The van der Waals surface area contributed by atoms with E-state index in [0.29, 0.717) is 19.0 Å². The van der Waals surface area contributed by atoms with Crippen molar-refractivity contribution in [3.63, 3.8) is 0 Å². The minimum Gasteiger partial charge on any atom is -0.487 e. The van der Waals surface area contributed by atoms with Gasteiger partial charge in [0, 0.05) is 22.0 Å². The van der Waals surface area contributed by atoms with Crippen molar-refractivity contribution in [3.8, 4) is 5.75 Å². The van der Waals surface area contributed by atoms with E-state index >= 15 is 0 Å². The minimum absolute atomic E-state index is 0.201.